The predicted octanol–water partition coefficient (Wildman–Crippen LogP) is -0.242. The monoisotopic (exact) mass is 164 g/mol. The molecule has 1 rings (SSSR count). The summed E-state index contributed by atoms with van der Waals surface area (Å²) in [6.45, 7) is 2.31. The Morgan fingerprint density at radius 1 is 1.50 bits per heavy atom. The second kappa shape index (κ2) is 3.72. The second-order valence-electron chi connectivity index (χ2n) is 2.12. The van der Waals surface area contributed by atoms with Gasteiger partial charge in [-0.05, 0) is 6.92 Å². The fraction of sp³-hybridized carbons (Fsp3) is 0.429. The van der Waals surface area contributed by atoms with Crippen molar-refractivity contribution in [2.75, 3.05) is 6.61 Å². The molecular formula is C7H8N4O. The van der Waals surface area contributed by atoms with Crippen LogP contribution in [0.2, 0.25) is 0 Å². The van der Waals surface area contributed by atoms with E-state index in [2.05, 4.69) is 10.9 Å². The number of ether oxygens (including phenoxy) is 1. The zero-order valence-corrected chi connectivity index (χ0v) is 6.59. The average molecular weight is 164 g/mol. The Hall–Kier alpha value is -1.56. The Bertz CT molecular complexity index is 283. The normalized spacial score (nSPS) is 21.4. The van der Waals surface area contributed by atoms with Gasteiger partial charge >= 0.3 is 0 Å². The van der Waals surface area contributed by atoms with Gasteiger partial charge in [-0.1, -0.05) is 0 Å². The molecule has 0 spiro atoms. The van der Waals surface area contributed by atoms with E-state index < -0.39 is 6.23 Å². The van der Waals surface area contributed by atoms with Crippen molar-refractivity contribution in [1.82, 2.24) is 10.9 Å². The summed E-state index contributed by atoms with van der Waals surface area (Å²) in [7, 11) is 0. The van der Waals surface area contributed by atoms with Crippen LogP contribution in [-0.4, -0.2) is 12.8 Å². The Morgan fingerprint density at radius 2 is 2.25 bits per heavy atom. The van der Waals surface area contributed by atoms with Gasteiger partial charge in [-0.15, -0.1) is 0 Å². The van der Waals surface area contributed by atoms with Crippen molar-refractivity contribution >= 4 is 0 Å². The lowest BCUT2D eigenvalue weighted by Gasteiger charge is -2.08. The van der Waals surface area contributed by atoms with E-state index in [-0.39, 0.29) is 5.70 Å². The lowest BCUT2D eigenvalue weighted by molar-refractivity contribution is 0.0688. The first-order valence-electron chi connectivity index (χ1n) is 3.51. The maximum absolute atomic E-state index is 8.65. The molecule has 0 aliphatic carbocycles. The number of hydrogen-bond donors (Lipinski definition) is 2. The zero-order chi connectivity index (χ0) is 8.97. The van der Waals surface area contributed by atoms with Gasteiger partial charge in [0.25, 0.3) is 0 Å². The molecule has 12 heavy (non-hydrogen) atoms. The molecule has 0 aromatic heterocycles. The fourth-order valence-corrected chi connectivity index (χ4v) is 0.903. The third kappa shape index (κ3) is 1.37. The Labute approximate surface area is 70.2 Å². The van der Waals surface area contributed by atoms with Crippen LogP contribution in [0.3, 0.4) is 0 Å². The molecule has 1 aliphatic heterocycles. The van der Waals surface area contributed by atoms with E-state index in [1.54, 1.807) is 0 Å². The number of allylic oxidation sites excluding steroid dienone is 1. The minimum Gasteiger partial charge on any atom is -0.357 e. The first kappa shape index (κ1) is 8.54. The number of nitriles is 2. The van der Waals surface area contributed by atoms with Crippen molar-refractivity contribution < 1.29 is 4.74 Å². The van der Waals surface area contributed by atoms with Gasteiger partial charge in [0.2, 0.25) is 0 Å². The number of hydrogen-bond acceptors (Lipinski definition) is 5. The van der Waals surface area contributed by atoms with E-state index in [9.17, 15) is 0 Å². The van der Waals surface area contributed by atoms with Crippen LogP contribution in [0.25, 0.3) is 0 Å². The van der Waals surface area contributed by atoms with E-state index in [4.69, 9.17) is 15.3 Å². The highest BCUT2D eigenvalue weighted by Gasteiger charge is 2.24. The van der Waals surface area contributed by atoms with Crippen LogP contribution in [0.5, 0.6) is 0 Å². The Balaban J connectivity index is 2.80. The summed E-state index contributed by atoms with van der Waals surface area (Å²) in [6.07, 6.45) is -0.491. The van der Waals surface area contributed by atoms with Crippen LogP contribution in [0.4, 0.5) is 0 Å². The molecule has 1 heterocycles. The molecule has 0 bridgehead atoms. The van der Waals surface area contributed by atoms with Crippen LogP contribution in [-0.2, 0) is 4.74 Å². The van der Waals surface area contributed by atoms with Gasteiger partial charge in [-0.25, -0.2) is 5.43 Å². The van der Waals surface area contributed by atoms with Crippen LogP contribution in [0.15, 0.2) is 11.3 Å². The van der Waals surface area contributed by atoms with Crippen LogP contribution in [0.1, 0.15) is 6.92 Å². The smallest absolute Gasteiger partial charge is 0.163 e. The molecule has 0 aromatic rings. The van der Waals surface area contributed by atoms with Crippen molar-refractivity contribution in [2.45, 2.75) is 13.2 Å². The summed E-state index contributed by atoms with van der Waals surface area (Å²) in [5.41, 5.74) is 5.77. The minimum atomic E-state index is -0.491. The first-order chi connectivity index (χ1) is 5.83. The second-order valence-corrected chi connectivity index (χ2v) is 2.12. The zero-order valence-electron chi connectivity index (χ0n) is 6.59. The Morgan fingerprint density at radius 3 is 2.75 bits per heavy atom. The third-order valence-corrected chi connectivity index (χ3v) is 1.43. The largest absolute Gasteiger partial charge is 0.357 e. The van der Waals surface area contributed by atoms with Crippen molar-refractivity contribution in [2.24, 2.45) is 0 Å². The van der Waals surface area contributed by atoms with Gasteiger partial charge in [0.05, 0.1) is 0 Å². The van der Waals surface area contributed by atoms with E-state index in [1.165, 1.54) is 0 Å². The molecule has 0 saturated carbocycles. The molecule has 5 nitrogen and oxygen atoms in total. The number of hydrazine groups is 1. The first-order valence-corrected chi connectivity index (χ1v) is 3.51. The van der Waals surface area contributed by atoms with Gasteiger partial charge < -0.3 is 10.2 Å². The van der Waals surface area contributed by atoms with Gasteiger partial charge in [-0.2, -0.15) is 10.5 Å². The van der Waals surface area contributed by atoms with Crippen LogP contribution >= 0.6 is 0 Å². The summed E-state index contributed by atoms with van der Waals surface area (Å²) in [5, 5.41) is 17.2. The van der Waals surface area contributed by atoms with Gasteiger partial charge in [0.15, 0.2) is 6.23 Å². The quantitative estimate of drug-likeness (QED) is 0.588. The fourth-order valence-electron chi connectivity index (χ4n) is 0.903. The molecule has 1 atom stereocenters. The molecule has 1 aliphatic rings. The molecular weight excluding hydrogens is 156 g/mol. The number of nitrogens with zero attached hydrogens (tertiary/aromatic N) is 2. The summed E-state index contributed by atoms with van der Waals surface area (Å²) in [4.78, 5) is 0. The van der Waals surface area contributed by atoms with Crippen molar-refractivity contribution in [3.05, 3.63) is 11.3 Å². The SMILES string of the molecule is CCOC1NNC(C#N)=C1C#N. The molecule has 0 saturated heterocycles. The van der Waals surface area contributed by atoms with E-state index >= 15 is 0 Å². The molecule has 2 N–H and O–H groups in total. The summed E-state index contributed by atoms with van der Waals surface area (Å²) in [5.74, 6) is 0. The molecule has 5 heteroatoms. The molecule has 0 amide bonds. The van der Waals surface area contributed by atoms with E-state index in [0.717, 1.165) is 0 Å². The Kier molecular flexibility index (Phi) is 2.65. The average Bonchev–Trinajstić information content (AvgIpc) is 2.47. The van der Waals surface area contributed by atoms with Gasteiger partial charge in [0.1, 0.15) is 23.4 Å². The highest BCUT2D eigenvalue weighted by atomic mass is 16.5. The predicted molar refractivity (Wildman–Crippen MR) is 39.9 cm³/mol. The molecule has 0 radical (unpaired) electrons. The summed E-state index contributed by atoms with van der Waals surface area (Å²) < 4.78 is 5.13. The molecule has 0 fully saturated rings. The number of rotatable bonds is 2. The van der Waals surface area contributed by atoms with Crippen molar-refractivity contribution in [3.8, 4) is 12.1 Å². The number of nitrogens with one attached hydrogen (secondary N) is 2. The van der Waals surface area contributed by atoms with Gasteiger partial charge in [-0.3, -0.25) is 0 Å². The molecule has 1 unspecified atom stereocenters. The summed E-state index contributed by atoms with van der Waals surface area (Å²) in [6, 6.07) is 3.76. The topological polar surface area (TPSA) is 80.9 Å². The van der Waals surface area contributed by atoms with Crippen molar-refractivity contribution in [1.29, 1.82) is 10.5 Å². The third-order valence-electron chi connectivity index (χ3n) is 1.43. The lowest BCUT2D eigenvalue weighted by Crippen LogP contribution is -2.34. The lowest BCUT2D eigenvalue weighted by atomic mass is 10.2. The minimum absolute atomic E-state index is 0.232. The maximum atomic E-state index is 8.65. The standard InChI is InChI=1S/C7H8N4O/c1-2-12-7-5(3-8)6(4-9)10-11-7/h7,10-11H,2H2,1H3. The highest BCUT2D eigenvalue weighted by molar-refractivity contribution is 5.40. The molecule has 0 aromatic carbocycles. The highest BCUT2D eigenvalue weighted by Crippen LogP contribution is 2.11. The molecule has 62 valence electrons. The van der Waals surface area contributed by atoms with E-state index in [0.29, 0.717) is 12.2 Å². The van der Waals surface area contributed by atoms with Crippen molar-refractivity contribution in [3.63, 3.8) is 0 Å². The maximum Gasteiger partial charge on any atom is 0.163 e. The van der Waals surface area contributed by atoms with E-state index in [1.807, 2.05) is 19.1 Å². The van der Waals surface area contributed by atoms with Gasteiger partial charge in [0, 0.05) is 6.61 Å². The van der Waals surface area contributed by atoms with Crippen LogP contribution < -0.4 is 10.9 Å². The summed E-state index contributed by atoms with van der Waals surface area (Å²) >= 11 is 0. The van der Waals surface area contributed by atoms with Crippen LogP contribution in [0, 0.1) is 22.7 Å².